The molecule has 102 valence electrons. The van der Waals surface area contributed by atoms with Crippen molar-refractivity contribution in [1.29, 1.82) is 0 Å². The van der Waals surface area contributed by atoms with Gasteiger partial charge in [-0.05, 0) is 12.1 Å². The molecule has 1 aromatic heterocycles. The molecule has 19 heavy (non-hydrogen) atoms. The van der Waals surface area contributed by atoms with Gasteiger partial charge >= 0.3 is 11.8 Å². The third-order valence-electron chi connectivity index (χ3n) is 2.39. The molecule has 3 N–H and O–H groups in total. The molecule has 0 unspecified atom stereocenters. The van der Waals surface area contributed by atoms with E-state index < -0.39 is 11.8 Å². The van der Waals surface area contributed by atoms with Crippen LogP contribution in [-0.4, -0.2) is 46.8 Å². The fraction of sp³-hybridized carbons (Fsp3) is 0.333. The van der Waals surface area contributed by atoms with E-state index >= 15 is 0 Å². The molecule has 0 spiro atoms. The maximum Gasteiger partial charge on any atom is 0.311 e. The summed E-state index contributed by atoms with van der Waals surface area (Å²) in [5.41, 5.74) is 6.10. The maximum absolute atomic E-state index is 11.7. The van der Waals surface area contributed by atoms with Gasteiger partial charge in [0.15, 0.2) is 0 Å². The van der Waals surface area contributed by atoms with E-state index in [2.05, 4.69) is 22.5 Å². The van der Waals surface area contributed by atoms with Gasteiger partial charge in [0.05, 0.1) is 11.5 Å². The lowest BCUT2D eigenvalue weighted by molar-refractivity contribution is -0.144. The topological polar surface area (TPSA) is 88.3 Å². The number of nitrogens with one attached hydrogen (secondary N) is 1. The number of carbonyl (C=O) groups excluding carboxylic acids is 2. The third-order valence-corrected chi connectivity index (χ3v) is 2.54. The lowest BCUT2D eigenvalue weighted by atomic mass is 10.2. The van der Waals surface area contributed by atoms with Gasteiger partial charge in [0.25, 0.3) is 0 Å². The summed E-state index contributed by atoms with van der Waals surface area (Å²) in [5, 5.41) is 2.35. The number of likely N-dealkylation sites (N-methyl/N-ethyl adjacent to an activating group) is 1. The molecule has 0 fully saturated rings. The highest BCUT2D eigenvalue weighted by Gasteiger charge is 2.18. The zero-order valence-corrected chi connectivity index (χ0v) is 11.4. The minimum Gasteiger partial charge on any atom is -0.392 e. The molecule has 1 aromatic rings. The Hall–Kier alpha value is -2.02. The molecule has 6 nitrogen and oxygen atoms in total. The van der Waals surface area contributed by atoms with Crippen molar-refractivity contribution in [1.82, 2.24) is 15.2 Å². The van der Waals surface area contributed by atoms with E-state index in [9.17, 15) is 9.59 Å². The first-order chi connectivity index (χ1) is 9.00. The first-order valence-electron chi connectivity index (χ1n) is 5.72. The van der Waals surface area contributed by atoms with Crippen LogP contribution in [0.5, 0.6) is 0 Å². The Bertz CT molecular complexity index is 464. The second-order valence-electron chi connectivity index (χ2n) is 3.95. The van der Waals surface area contributed by atoms with E-state index in [-0.39, 0.29) is 11.5 Å². The summed E-state index contributed by atoms with van der Waals surface area (Å²) in [5.74, 6) is -1.33. The lowest BCUT2D eigenvalue weighted by Crippen LogP contribution is -2.44. The number of carbonyl (C=O) groups is 2. The number of amides is 2. The molecule has 0 saturated heterocycles. The molecule has 0 aliphatic carbocycles. The summed E-state index contributed by atoms with van der Waals surface area (Å²) >= 11 is 4.61. The van der Waals surface area contributed by atoms with Crippen LogP contribution in [0.4, 0.5) is 0 Å². The molecule has 1 heterocycles. The highest BCUT2D eigenvalue weighted by Crippen LogP contribution is 1.96. The molecule has 2 amide bonds. The first kappa shape index (κ1) is 15.0. The smallest absolute Gasteiger partial charge is 0.311 e. The Kier molecular flexibility index (Phi) is 5.87. The maximum atomic E-state index is 11.7. The fourth-order valence-corrected chi connectivity index (χ4v) is 1.42. The van der Waals surface area contributed by atoms with E-state index in [1.165, 1.54) is 4.90 Å². The van der Waals surface area contributed by atoms with Gasteiger partial charge in [-0.1, -0.05) is 18.3 Å². The van der Waals surface area contributed by atoms with Gasteiger partial charge in [0, 0.05) is 31.9 Å². The van der Waals surface area contributed by atoms with Gasteiger partial charge < -0.3 is 16.0 Å². The van der Waals surface area contributed by atoms with E-state index in [1.54, 1.807) is 13.2 Å². The number of hydrogen-bond acceptors (Lipinski definition) is 4. The first-order valence-corrected chi connectivity index (χ1v) is 6.13. The zero-order valence-electron chi connectivity index (χ0n) is 10.6. The number of nitrogens with zero attached hydrogens (tertiary/aromatic N) is 2. The van der Waals surface area contributed by atoms with Crippen LogP contribution in [0.15, 0.2) is 24.4 Å². The van der Waals surface area contributed by atoms with Crippen LogP contribution >= 0.6 is 12.2 Å². The predicted molar refractivity (Wildman–Crippen MR) is 75.4 cm³/mol. The van der Waals surface area contributed by atoms with Crippen LogP contribution in [0.1, 0.15) is 5.69 Å². The summed E-state index contributed by atoms with van der Waals surface area (Å²) in [7, 11) is 1.56. The Morgan fingerprint density at radius 2 is 2.21 bits per heavy atom. The lowest BCUT2D eigenvalue weighted by Gasteiger charge is -2.16. The quantitative estimate of drug-likeness (QED) is 0.560. The third kappa shape index (κ3) is 5.43. The Balaban J connectivity index is 2.40. The zero-order chi connectivity index (χ0) is 14.3. The summed E-state index contributed by atoms with van der Waals surface area (Å²) < 4.78 is 0. The monoisotopic (exact) mass is 280 g/mol. The van der Waals surface area contributed by atoms with Crippen molar-refractivity contribution in [2.24, 2.45) is 5.73 Å². The molecule has 1 rings (SSSR count). The van der Waals surface area contributed by atoms with E-state index in [4.69, 9.17) is 5.73 Å². The van der Waals surface area contributed by atoms with Gasteiger partial charge in [-0.2, -0.15) is 0 Å². The number of rotatable bonds is 5. The molecule has 0 atom stereocenters. The van der Waals surface area contributed by atoms with Crippen LogP contribution in [0, 0.1) is 0 Å². The van der Waals surface area contributed by atoms with Crippen LogP contribution in [-0.2, 0) is 16.0 Å². The van der Waals surface area contributed by atoms with Crippen molar-refractivity contribution in [2.75, 3.05) is 20.1 Å². The minimum atomic E-state index is -0.712. The molecule has 0 aliphatic rings. The molecule has 0 bridgehead atoms. The SMILES string of the molecule is CN(CCc1ccccn1)C(=O)C(=O)NCC(N)=S. The van der Waals surface area contributed by atoms with E-state index in [0.29, 0.717) is 13.0 Å². The van der Waals surface area contributed by atoms with Gasteiger partial charge in [0.1, 0.15) is 0 Å². The van der Waals surface area contributed by atoms with Crippen LogP contribution < -0.4 is 11.1 Å². The van der Waals surface area contributed by atoms with Crippen molar-refractivity contribution < 1.29 is 9.59 Å². The Labute approximate surface area is 117 Å². The highest BCUT2D eigenvalue weighted by molar-refractivity contribution is 7.80. The van der Waals surface area contributed by atoms with Gasteiger partial charge in [-0.25, -0.2) is 0 Å². The number of thiocarbonyl (C=S) groups is 1. The second-order valence-corrected chi connectivity index (χ2v) is 4.47. The second kappa shape index (κ2) is 7.42. The minimum absolute atomic E-state index is 0.0218. The van der Waals surface area contributed by atoms with E-state index in [1.807, 2.05) is 18.2 Å². The van der Waals surface area contributed by atoms with Gasteiger partial charge in [-0.3, -0.25) is 14.6 Å². The van der Waals surface area contributed by atoms with Crippen LogP contribution in [0.2, 0.25) is 0 Å². The van der Waals surface area contributed by atoms with Gasteiger partial charge in [0.2, 0.25) is 0 Å². The number of aromatic nitrogens is 1. The van der Waals surface area contributed by atoms with Crippen LogP contribution in [0.3, 0.4) is 0 Å². The Morgan fingerprint density at radius 1 is 1.47 bits per heavy atom. The summed E-state index contributed by atoms with van der Waals surface area (Å²) in [6, 6.07) is 5.56. The fourth-order valence-electron chi connectivity index (χ4n) is 1.35. The summed E-state index contributed by atoms with van der Waals surface area (Å²) in [6.07, 6.45) is 2.28. The number of nitrogens with two attached hydrogens (primary N) is 1. The predicted octanol–water partition coefficient (Wildman–Crippen LogP) is -0.515. The number of hydrogen-bond donors (Lipinski definition) is 2. The average Bonchev–Trinajstić information content (AvgIpc) is 2.42. The molecule has 0 aromatic carbocycles. The number of pyridine rings is 1. The molecule has 0 aliphatic heterocycles. The van der Waals surface area contributed by atoms with Crippen molar-refractivity contribution in [3.05, 3.63) is 30.1 Å². The largest absolute Gasteiger partial charge is 0.392 e. The van der Waals surface area contributed by atoms with Crippen molar-refractivity contribution >= 4 is 29.0 Å². The normalized spacial score (nSPS) is 9.74. The molecule has 0 radical (unpaired) electrons. The standard InChI is InChI=1S/C12H16N4O2S/c1-16(7-5-9-4-2-3-6-14-9)12(18)11(17)15-8-10(13)19/h2-4,6H,5,7-8H2,1H3,(H2,13,19)(H,15,17). The van der Waals surface area contributed by atoms with Crippen LogP contribution in [0.25, 0.3) is 0 Å². The van der Waals surface area contributed by atoms with Gasteiger partial charge in [-0.15, -0.1) is 0 Å². The van der Waals surface area contributed by atoms with Crippen molar-refractivity contribution in [3.8, 4) is 0 Å². The molecule has 0 saturated carbocycles. The van der Waals surface area contributed by atoms with Crippen molar-refractivity contribution in [3.63, 3.8) is 0 Å². The van der Waals surface area contributed by atoms with E-state index in [0.717, 1.165) is 5.69 Å². The molecular formula is C12H16N4O2S. The summed E-state index contributed by atoms with van der Waals surface area (Å²) in [6.45, 7) is 0.435. The molecule has 7 heteroatoms. The summed E-state index contributed by atoms with van der Waals surface area (Å²) in [4.78, 5) is 28.8. The highest BCUT2D eigenvalue weighted by atomic mass is 32.1. The average molecular weight is 280 g/mol. The Morgan fingerprint density at radius 3 is 2.79 bits per heavy atom. The van der Waals surface area contributed by atoms with Crippen molar-refractivity contribution in [2.45, 2.75) is 6.42 Å². The molecular weight excluding hydrogens is 264 g/mol.